The molecule has 0 aliphatic heterocycles. The Morgan fingerprint density at radius 2 is 2.13 bits per heavy atom. The molecule has 0 bridgehead atoms. The molecule has 15 heavy (non-hydrogen) atoms. The van der Waals surface area contributed by atoms with Gasteiger partial charge in [0.25, 0.3) is 0 Å². The number of aryl methyl sites for hydroxylation is 1. The Bertz CT molecular complexity index is 437. The average Bonchev–Trinajstić information content (AvgIpc) is 2.58. The Kier molecular flexibility index (Phi) is 2.63. The maximum absolute atomic E-state index is 11.1. The number of carbonyl (C=O) groups excluding carboxylic acids is 1. The molecule has 3 heteroatoms. The van der Waals surface area contributed by atoms with Crippen LogP contribution in [0.25, 0.3) is 0 Å². The summed E-state index contributed by atoms with van der Waals surface area (Å²) in [5.74, 6) is 0.194. The van der Waals surface area contributed by atoms with Gasteiger partial charge in [0, 0.05) is 23.9 Å². The first-order valence-corrected chi connectivity index (χ1v) is 5.02. The summed E-state index contributed by atoms with van der Waals surface area (Å²) in [7, 11) is 5.70. The molecule has 1 aromatic carbocycles. The maximum Gasteiger partial charge on any atom is 0.157 e. The summed E-state index contributed by atoms with van der Waals surface area (Å²) in [6.45, 7) is 2.01. The SMILES string of the molecule is [B]c1ccc(C)c(NC2=CC(=O)CC2)c1. The lowest BCUT2D eigenvalue weighted by atomic mass is 9.94. The van der Waals surface area contributed by atoms with Gasteiger partial charge in [-0.3, -0.25) is 4.79 Å². The van der Waals surface area contributed by atoms with Crippen molar-refractivity contribution in [2.75, 3.05) is 5.32 Å². The first-order chi connectivity index (χ1) is 7.15. The third kappa shape index (κ3) is 2.29. The predicted molar refractivity (Wildman–Crippen MR) is 62.5 cm³/mol. The molecular weight excluding hydrogens is 185 g/mol. The molecule has 0 unspecified atom stereocenters. The lowest BCUT2D eigenvalue weighted by Gasteiger charge is -2.10. The molecule has 0 spiro atoms. The fourth-order valence-electron chi connectivity index (χ4n) is 1.64. The zero-order valence-electron chi connectivity index (χ0n) is 8.71. The topological polar surface area (TPSA) is 29.1 Å². The number of anilines is 1. The van der Waals surface area contributed by atoms with E-state index < -0.39 is 0 Å². The van der Waals surface area contributed by atoms with Crippen molar-refractivity contribution in [1.82, 2.24) is 0 Å². The van der Waals surface area contributed by atoms with E-state index in [9.17, 15) is 4.79 Å². The van der Waals surface area contributed by atoms with Crippen LogP contribution in [0.15, 0.2) is 30.0 Å². The van der Waals surface area contributed by atoms with E-state index in [0.29, 0.717) is 6.42 Å². The Labute approximate surface area is 90.8 Å². The minimum Gasteiger partial charge on any atom is -0.359 e. The molecule has 2 rings (SSSR count). The van der Waals surface area contributed by atoms with Crippen molar-refractivity contribution in [1.29, 1.82) is 0 Å². The zero-order chi connectivity index (χ0) is 10.8. The minimum absolute atomic E-state index is 0.194. The van der Waals surface area contributed by atoms with Crippen LogP contribution >= 0.6 is 0 Å². The van der Waals surface area contributed by atoms with Gasteiger partial charge < -0.3 is 5.32 Å². The number of rotatable bonds is 2. The van der Waals surface area contributed by atoms with Crippen LogP contribution in [0.5, 0.6) is 0 Å². The molecule has 0 aromatic heterocycles. The molecule has 1 aliphatic rings. The molecule has 0 fully saturated rings. The summed E-state index contributed by atoms with van der Waals surface area (Å²) in [6, 6.07) is 5.72. The highest BCUT2D eigenvalue weighted by Gasteiger charge is 2.12. The second-order valence-electron chi connectivity index (χ2n) is 3.84. The van der Waals surface area contributed by atoms with E-state index in [4.69, 9.17) is 7.85 Å². The molecule has 1 N–H and O–H groups in total. The minimum atomic E-state index is 0.194. The number of hydrogen-bond donors (Lipinski definition) is 1. The number of hydrogen-bond acceptors (Lipinski definition) is 2. The van der Waals surface area contributed by atoms with Gasteiger partial charge in [0.2, 0.25) is 0 Å². The quantitative estimate of drug-likeness (QED) is 0.727. The van der Waals surface area contributed by atoms with E-state index >= 15 is 0 Å². The number of ketones is 1. The van der Waals surface area contributed by atoms with Crippen molar-refractivity contribution >= 4 is 24.8 Å². The lowest BCUT2D eigenvalue weighted by molar-refractivity contribution is -0.114. The van der Waals surface area contributed by atoms with Crippen LogP contribution in [0.4, 0.5) is 5.69 Å². The lowest BCUT2D eigenvalue weighted by Crippen LogP contribution is -2.06. The average molecular weight is 197 g/mol. The highest BCUT2D eigenvalue weighted by Crippen LogP contribution is 2.20. The van der Waals surface area contributed by atoms with Crippen molar-refractivity contribution in [3.63, 3.8) is 0 Å². The summed E-state index contributed by atoms with van der Waals surface area (Å²) in [5.41, 5.74) is 3.82. The standard InChI is InChI=1S/C12H12BNO/c1-8-2-3-9(13)6-12(8)14-10-4-5-11(15)7-10/h2-3,6-7,14H,4-5H2,1H3. The summed E-state index contributed by atoms with van der Waals surface area (Å²) in [5, 5.41) is 3.24. The highest BCUT2D eigenvalue weighted by atomic mass is 16.1. The van der Waals surface area contributed by atoms with Gasteiger partial charge in [-0.1, -0.05) is 17.6 Å². The van der Waals surface area contributed by atoms with E-state index in [-0.39, 0.29) is 5.78 Å². The number of benzene rings is 1. The molecule has 0 saturated carbocycles. The number of carbonyl (C=O) groups is 1. The Hall–Kier alpha value is -1.51. The van der Waals surface area contributed by atoms with Crippen molar-refractivity contribution in [3.05, 3.63) is 35.5 Å². The van der Waals surface area contributed by atoms with Gasteiger partial charge in [-0.05, 0) is 25.0 Å². The van der Waals surface area contributed by atoms with Crippen molar-refractivity contribution < 1.29 is 4.79 Å². The van der Waals surface area contributed by atoms with Crippen LogP contribution < -0.4 is 10.8 Å². The van der Waals surface area contributed by atoms with Crippen LogP contribution in [-0.4, -0.2) is 13.6 Å². The fourth-order valence-corrected chi connectivity index (χ4v) is 1.64. The monoisotopic (exact) mass is 197 g/mol. The van der Waals surface area contributed by atoms with E-state index in [1.807, 2.05) is 25.1 Å². The van der Waals surface area contributed by atoms with Crippen LogP contribution in [0.1, 0.15) is 18.4 Å². The van der Waals surface area contributed by atoms with E-state index in [2.05, 4.69) is 5.32 Å². The van der Waals surface area contributed by atoms with Gasteiger partial charge in [0.15, 0.2) is 5.78 Å². The van der Waals surface area contributed by atoms with Crippen molar-refractivity contribution in [2.24, 2.45) is 0 Å². The smallest absolute Gasteiger partial charge is 0.157 e. The predicted octanol–water partition coefficient (Wildman–Crippen LogP) is 1.45. The second-order valence-corrected chi connectivity index (χ2v) is 3.84. The largest absolute Gasteiger partial charge is 0.359 e. The third-order valence-corrected chi connectivity index (χ3v) is 2.53. The van der Waals surface area contributed by atoms with Crippen LogP contribution in [0, 0.1) is 6.92 Å². The Balaban J connectivity index is 2.20. The highest BCUT2D eigenvalue weighted by molar-refractivity contribution is 6.32. The van der Waals surface area contributed by atoms with Crippen LogP contribution in [0.2, 0.25) is 0 Å². The van der Waals surface area contributed by atoms with Gasteiger partial charge in [-0.15, -0.1) is 0 Å². The molecule has 74 valence electrons. The van der Waals surface area contributed by atoms with E-state index in [1.54, 1.807) is 6.08 Å². The summed E-state index contributed by atoms with van der Waals surface area (Å²) in [6.07, 6.45) is 3.08. The van der Waals surface area contributed by atoms with Gasteiger partial charge in [-0.25, -0.2) is 0 Å². The number of allylic oxidation sites excluding steroid dienone is 2. The molecule has 2 nitrogen and oxygen atoms in total. The first kappa shape index (κ1) is 10.0. The molecule has 1 aromatic rings. The Morgan fingerprint density at radius 1 is 1.33 bits per heavy atom. The molecule has 0 heterocycles. The molecular formula is C12H12BNO. The summed E-state index contributed by atoms with van der Waals surface area (Å²) >= 11 is 0. The van der Waals surface area contributed by atoms with Gasteiger partial charge >= 0.3 is 0 Å². The fraction of sp³-hybridized carbons (Fsp3) is 0.250. The van der Waals surface area contributed by atoms with Gasteiger partial charge in [0.1, 0.15) is 7.85 Å². The van der Waals surface area contributed by atoms with E-state index in [1.165, 1.54) is 0 Å². The molecule has 0 atom stereocenters. The van der Waals surface area contributed by atoms with Crippen molar-refractivity contribution in [3.8, 4) is 0 Å². The van der Waals surface area contributed by atoms with Crippen molar-refractivity contribution in [2.45, 2.75) is 19.8 Å². The molecule has 2 radical (unpaired) electrons. The molecule has 1 aliphatic carbocycles. The summed E-state index contributed by atoms with van der Waals surface area (Å²) < 4.78 is 0. The Morgan fingerprint density at radius 3 is 2.80 bits per heavy atom. The molecule has 0 saturated heterocycles. The van der Waals surface area contributed by atoms with Crippen LogP contribution in [-0.2, 0) is 4.79 Å². The molecule has 0 amide bonds. The van der Waals surface area contributed by atoms with Gasteiger partial charge in [0.05, 0.1) is 0 Å². The normalized spacial score (nSPS) is 15.3. The number of nitrogens with one attached hydrogen (secondary N) is 1. The second kappa shape index (κ2) is 3.93. The van der Waals surface area contributed by atoms with Crippen LogP contribution in [0.3, 0.4) is 0 Å². The third-order valence-electron chi connectivity index (χ3n) is 2.53. The summed E-state index contributed by atoms with van der Waals surface area (Å²) in [4.78, 5) is 11.1. The zero-order valence-corrected chi connectivity index (χ0v) is 8.71. The van der Waals surface area contributed by atoms with Gasteiger partial charge in [-0.2, -0.15) is 0 Å². The van der Waals surface area contributed by atoms with E-state index in [0.717, 1.165) is 28.8 Å². The first-order valence-electron chi connectivity index (χ1n) is 5.02. The maximum atomic E-state index is 11.1.